The van der Waals surface area contributed by atoms with Crippen molar-refractivity contribution in [2.24, 2.45) is 5.92 Å². The third kappa shape index (κ3) is 11.7. The second-order valence-electron chi connectivity index (χ2n) is 6.36. The van der Waals surface area contributed by atoms with E-state index in [0.717, 1.165) is 6.26 Å². The van der Waals surface area contributed by atoms with Crippen molar-refractivity contribution in [2.75, 3.05) is 42.2 Å². The molecule has 154 valence electrons. The summed E-state index contributed by atoms with van der Waals surface area (Å²) in [5, 5.41) is 12.8. The molecule has 0 radical (unpaired) electrons. The minimum atomic E-state index is -3.55. The SMILES string of the molecule is CC(C)C[C@H](CO)Nc1nc(NS(C)(=O)=O)nc(SC[CH-]CN(C)[C-]=O)n1.[Li+]. The fourth-order valence-corrected chi connectivity index (χ4v) is 3.14. The van der Waals surface area contributed by atoms with Gasteiger partial charge >= 0.3 is 18.9 Å². The van der Waals surface area contributed by atoms with Crippen molar-refractivity contribution < 1.29 is 37.2 Å². The molecule has 0 unspecified atom stereocenters. The van der Waals surface area contributed by atoms with Gasteiger partial charge in [-0.3, -0.25) is 4.72 Å². The molecule has 0 aromatic carbocycles. The first-order valence-electron chi connectivity index (χ1n) is 8.27. The number of amides is 1. The van der Waals surface area contributed by atoms with Crippen LogP contribution in [0.1, 0.15) is 20.3 Å². The van der Waals surface area contributed by atoms with Gasteiger partial charge in [0.25, 0.3) is 0 Å². The molecule has 28 heavy (non-hydrogen) atoms. The number of aromatic nitrogens is 3. The number of rotatable bonds is 13. The average molecular weight is 425 g/mol. The molecular formula is C15H26LiN6O4S2-. The van der Waals surface area contributed by atoms with E-state index in [-0.39, 0.29) is 43.4 Å². The summed E-state index contributed by atoms with van der Waals surface area (Å²) < 4.78 is 25.2. The first kappa shape index (κ1) is 26.9. The zero-order chi connectivity index (χ0) is 20.4. The maximum absolute atomic E-state index is 11.5. The molecule has 1 atom stereocenters. The molecular weight excluding hydrogens is 399 g/mol. The minimum absolute atomic E-state index is 0. The molecule has 3 N–H and O–H groups in total. The van der Waals surface area contributed by atoms with Gasteiger partial charge in [-0.15, -0.1) is 24.1 Å². The summed E-state index contributed by atoms with van der Waals surface area (Å²) in [5.41, 5.74) is 0. The van der Waals surface area contributed by atoms with Gasteiger partial charge in [0.05, 0.1) is 18.9 Å². The van der Waals surface area contributed by atoms with Crippen LogP contribution in [0.4, 0.5) is 11.9 Å². The normalized spacial score (nSPS) is 12.2. The van der Waals surface area contributed by atoms with E-state index in [0.29, 0.717) is 29.8 Å². The molecule has 13 heteroatoms. The molecule has 0 saturated carbocycles. The summed E-state index contributed by atoms with van der Waals surface area (Å²) in [6.45, 7) is 4.37. The van der Waals surface area contributed by atoms with Crippen molar-refractivity contribution in [3.8, 4) is 0 Å². The summed E-state index contributed by atoms with van der Waals surface area (Å²) in [6.07, 6.45) is 5.28. The number of sulfonamides is 1. The van der Waals surface area contributed by atoms with Crippen LogP contribution in [-0.2, 0) is 14.8 Å². The molecule has 0 aliphatic rings. The maximum Gasteiger partial charge on any atom is 1.00 e. The van der Waals surface area contributed by atoms with Gasteiger partial charge in [-0.25, -0.2) is 8.42 Å². The molecule has 1 aromatic heterocycles. The van der Waals surface area contributed by atoms with Gasteiger partial charge in [0.1, 0.15) is 0 Å². The van der Waals surface area contributed by atoms with Crippen molar-refractivity contribution >= 4 is 40.1 Å². The van der Waals surface area contributed by atoms with E-state index in [2.05, 4.69) is 25.0 Å². The van der Waals surface area contributed by atoms with Crippen molar-refractivity contribution in [3.05, 3.63) is 6.42 Å². The maximum atomic E-state index is 11.5. The van der Waals surface area contributed by atoms with Crippen LogP contribution in [-0.4, -0.2) is 78.0 Å². The Bertz CT molecular complexity index is 708. The summed E-state index contributed by atoms with van der Waals surface area (Å²) in [6, 6.07) is -0.264. The van der Waals surface area contributed by atoms with Crippen molar-refractivity contribution in [1.29, 1.82) is 0 Å². The summed E-state index contributed by atoms with van der Waals surface area (Å²) in [4.78, 5) is 24.2. The van der Waals surface area contributed by atoms with Gasteiger partial charge in [0, 0.05) is 0 Å². The number of thioether (sulfide) groups is 1. The number of nitrogens with one attached hydrogen (secondary N) is 2. The molecule has 1 aromatic rings. The Balaban J connectivity index is 0.00000729. The van der Waals surface area contributed by atoms with E-state index in [4.69, 9.17) is 0 Å². The molecule has 1 heterocycles. The van der Waals surface area contributed by atoms with Crippen LogP contribution < -0.4 is 28.9 Å². The van der Waals surface area contributed by atoms with Gasteiger partial charge < -0.3 is 26.5 Å². The second kappa shape index (κ2) is 13.2. The fraction of sp³-hybridized carbons (Fsp3) is 0.667. The Morgan fingerprint density at radius 1 is 1.29 bits per heavy atom. The predicted octanol–water partition coefficient (Wildman–Crippen LogP) is -2.64. The number of hydrogen-bond acceptors (Lipinski definition) is 9. The molecule has 0 bridgehead atoms. The Kier molecular flexibility index (Phi) is 12.7. The van der Waals surface area contributed by atoms with Crippen LogP contribution in [0.25, 0.3) is 0 Å². The zero-order valence-corrected chi connectivity index (χ0v) is 18.5. The first-order chi connectivity index (χ1) is 12.6. The third-order valence-corrected chi connectivity index (χ3v) is 4.49. The van der Waals surface area contributed by atoms with Crippen LogP contribution in [0.3, 0.4) is 0 Å². The van der Waals surface area contributed by atoms with E-state index in [1.54, 1.807) is 13.5 Å². The van der Waals surface area contributed by atoms with E-state index in [1.165, 1.54) is 16.7 Å². The largest absolute Gasteiger partial charge is 1.00 e. The summed E-state index contributed by atoms with van der Waals surface area (Å²) in [7, 11) is -1.94. The minimum Gasteiger partial charge on any atom is -0.544 e. The number of hydrogen-bond donors (Lipinski definition) is 3. The molecule has 0 spiro atoms. The topological polar surface area (TPSA) is 137 Å². The molecule has 0 fully saturated rings. The molecule has 1 rings (SSSR count). The fourth-order valence-electron chi connectivity index (χ4n) is 2.04. The van der Waals surface area contributed by atoms with Gasteiger partial charge in [-0.05, 0) is 19.4 Å². The number of carbonyl (C=O) groups excluding carboxylic acids is 1. The van der Waals surface area contributed by atoms with Crippen LogP contribution in [0.5, 0.6) is 0 Å². The van der Waals surface area contributed by atoms with Crippen LogP contribution >= 0.6 is 11.8 Å². The number of anilines is 2. The number of nitrogens with zero attached hydrogens (tertiary/aromatic N) is 4. The number of aliphatic hydroxyl groups is 1. The van der Waals surface area contributed by atoms with Crippen LogP contribution in [0, 0.1) is 12.3 Å². The smallest absolute Gasteiger partial charge is 0.544 e. The molecule has 10 nitrogen and oxygen atoms in total. The molecule has 1 amide bonds. The Labute approximate surface area is 182 Å². The van der Waals surface area contributed by atoms with E-state index >= 15 is 0 Å². The Morgan fingerprint density at radius 3 is 2.46 bits per heavy atom. The Hall–Kier alpha value is -1.06. The number of aliphatic hydroxyl groups excluding tert-OH is 1. The van der Waals surface area contributed by atoms with Crippen molar-refractivity contribution in [1.82, 2.24) is 19.9 Å². The molecule has 0 aliphatic carbocycles. The van der Waals surface area contributed by atoms with Gasteiger partial charge in [0.2, 0.25) is 21.9 Å². The third-order valence-electron chi connectivity index (χ3n) is 3.09. The van der Waals surface area contributed by atoms with Gasteiger partial charge in [-0.2, -0.15) is 21.4 Å². The summed E-state index contributed by atoms with van der Waals surface area (Å²) >= 11 is 1.26. The summed E-state index contributed by atoms with van der Waals surface area (Å²) in [5.74, 6) is 0.928. The quantitative estimate of drug-likeness (QED) is 0.102. The van der Waals surface area contributed by atoms with Gasteiger partial charge in [-0.1, -0.05) is 13.8 Å². The first-order valence-corrected chi connectivity index (χ1v) is 11.1. The van der Waals surface area contributed by atoms with E-state index in [1.807, 2.05) is 20.3 Å². The predicted molar refractivity (Wildman–Crippen MR) is 106 cm³/mol. The van der Waals surface area contributed by atoms with Crippen LogP contribution in [0.15, 0.2) is 5.16 Å². The second-order valence-corrected chi connectivity index (χ2v) is 9.10. The zero-order valence-electron chi connectivity index (χ0n) is 16.8. The molecule has 0 saturated heterocycles. The monoisotopic (exact) mass is 425 g/mol. The van der Waals surface area contributed by atoms with Gasteiger partial charge in [0.15, 0.2) is 5.16 Å². The van der Waals surface area contributed by atoms with Crippen LogP contribution in [0.2, 0.25) is 0 Å². The van der Waals surface area contributed by atoms with Crippen molar-refractivity contribution in [3.63, 3.8) is 0 Å². The van der Waals surface area contributed by atoms with Crippen molar-refractivity contribution in [2.45, 2.75) is 31.5 Å². The Morgan fingerprint density at radius 2 is 1.93 bits per heavy atom. The standard InChI is InChI=1S/C15H26N6O4S2.Li/c1-11(2)8-12(9-22)16-13-17-14(20-27(4,24)25)19-15(18-13)26-7-5-6-21(3)10-23;/h5,11-12,22H,6-9H2,1-4H3,(H2,16,17,18,19,20);/q-2;+1/t12-;/m1./s1. The molecule has 0 aliphatic heterocycles. The average Bonchev–Trinajstić information content (AvgIpc) is 2.55. The van der Waals surface area contributed by atoms with E-state index < -0.39 is 10.0 Å². The van der Waals surface area contributed by atoms with E-state index in [9.17, 15) is 18.3 Å².